The average Bonchev–Trinajstić information content (AvgIpc) is 3.36. The first-order valence-corrected chi connectivity index (χ1v) is 9.08. The summed E-state index contributed by atoms with van der Waals surface area (Å²) in [6.45, 7) is 1.43. The molecule has 5 rings (SSSR count). The van der Waals surface area contributed by atoms with Crippen LogP contribution in [-0.4, -0.2) is 27.7 Å². The Morgan fingerprint density at radius 2 is 1.45 bits per heavy atom. The van der Waals surface area contributed by atoms with E-state index in [0.29, 0.717) is 28.0 Å². The Balaban J connectivity index is 1.77. The van der Waals surface area contributed by atoms with Gasteiger partial charge in [0.1, 0.15) is 0 Å². The Bertz CT molecular complexity index is 1370. The minimum atomic E-state index is -0.443. The molecule has 3 heterocycles. The molecule has 0 bridgehead atoms. The molecule has 2 aromatic heterocycles. The van der Waals surface area contributed by atoms with Crippen molar-refractivity contribution in [1.82, 2.24) is 15.3 Å². The van der Waals surface area contributed by atoms with E-state index < -0.39 is 11.8 Å². The number of para-hydroxylation sites is 1. The number of benzene rings is 2. The largest absolute Gasteiger partial charge is 0.361 e. The van der Waals surface area contributed by atoms with Gasteiger partial charge >= 0.3 is 0 Å². The molecule has 142 valence electrons. The first-order valence-electron chi connectivity index (χ1n) is 9.08. The Hall–Kier alpha value is -4.13. The molecule has 7 heteroatoms. The fraction of sp³-hybridized carbons (Fsp3) is 0.0455. The summed E-state index contributed by atoms with van der Waals surface area (Å²) in [6, 6.07) is 13.0. The lowest BCUT2D eigenvalue weighted by atomic mass is 9.95. The van der Waals surface area contributed by atoms with Crippen molar-refractivity contribution >= 4 is 56.4 Å². The number of amides is 3. The number of aromatic nitrogens is 2. The van der Waals surface area contributed by atoms with Crippen LogP contribution in [0.15, 0.2) is 54.9 Å². The molecule has 4 N–H and O–H groups in total. The van der Waals surface area contributed by atoms with Crippen molar-refractivity contribution in [2.45, 2.75) is 6.92 Å². The third kappa shape index (κ3) is 2.63. The molecular weight excluding hydrogens is 368 g/mol. The Kier molecular flexibility index (Phi) is 3.64. The Labute approximate surface area is 164 Å². The molecule has 0 saturated heterocycles. The average molecular weight is 384 g/mol. The van der Waals surface area contributed by atoms with Crippen LogP contribution in [0, 0.1) is 0 Å². The van der Waals surface area contributed by atoms with Crippen LogP contribution < -0.4 is 10.6 Å². The molecule has 1 aliphatic rings. The number of aromatic amines is 2. The second-order valence-corrected chi connectivity index (χ2v) is 6.93. The van der Waals surface area contributed by atoms with Crippen LogP contribution >= 0.6 is 0 Å². The number of hydrogen-bond donors (Lipinski definition) is 4. The molecule has 7 nitrogen and oxygen atoms in total. The summed E-state index contributed by atoms with van der Waals surface area (Å²) in [5, 5.41) is 6.77. The van der Waals surface area contributed by atoms with Crippen LogP contribution in [-0.2, 0) is 14.4 Å². The molecule has 0 spiro atoms. The summed E-state index contributed by atoms with van der Waals surface area (Å²) in [4.78, 5) is 43.2. The van der Waals surface area contributed by atoms with E-state index in [9.17, 15) is 14.4 Å². The summed E-state index contributed by atoms with van der Waals surface area (Å²) < 4.78 is 0. The summed E-state index contributed by atoms with van der Waals surface area (Å²) in [5.74, 6) is -1.06. The van der Waals surface area contributed by atoms with Gasteiger partial charge in [-0.25, -0.2) is 0 Å². The van der Waals surface area contributed by atoms with E-state index >= 15 is 0 Å². The molecule has 0 radical (unpaired) electrons. The molecule has 4 aromatic rings. The minimum Gasteiger partial charge on any atom is -0.361 e. The third-order valence-electron chi connectivity index (χ3n) is 5.06. The molecule has 2 aromatic carbocycles. The van der Waals surface area contributed by atoms with Crippen LogP contribution in [0.3, 0.4) is 0 Å². The maximum Gasteiger partial charge on any atom is 0.259 e. The van der Waals surface area contributed by atoms with Crippen LogP contribution in [0.5, 0.6) is 0 Å². The lowest BCUT2D eigenvalue weighted by Gasteiger charge is -2.05. The highest BCUT2D eigenvalue weighted by molar-refractivity contribution is 6.50. The van der Waals surface area contributed by atoms with Gasteiger partial charge < -0.3 is 15.3 Å². The van der Waals surface area contributed by atoms with Gasteiger partial charge in [0.15, 0.2) is 0 Å². The molecule has 0 atom stereocenters. The quantitative estimate of drug-likeness (QED) is 0.408. The highest BCUT2D eigenvalue weighted by Crippen LogP contribution is 2.38. The number of carbonyl (C=O) groups is 3. The molecule has 0 unspecified atom stereocenters. The lowest BCUT2D eigenvalue weighted by Crippen LogP contribution is -2.22. The number of carbonyl (C=O) groups excluding carboxylic acids is 3. The summed E-state index contributed by atoms with van der Waals surface area (Å²) in [6.07, 6.45) is 3.46. The number of rotatable bonds is 3. The molecule has 29 heavy (non-hydrogen) atoms. The summed E-state index contributed by atoms with van der Waals surface area (Å²) in [5.41, 5.74) is 4.22. The number of fused-ring (bicyclic) bond motifs is 2. The standard InChI is InChI=1S/C22H16N4O3/c1-11(27)25-12-6-7-18-14(8-12)16(10-24-18)20-19(21(28)26-22(20)29)15-9-23-17-5-3-2-4-13(15)17/h2-10,23-24H,1H3,(H,25,27)(H,26,28,29). The zero-order chi connectivity index (χ0) is 20.1. The first-order chi connectivity index (χ1) is 14.0. The molecular formula is C22H16N4O3. The highest BCUT2D eigenvalue weighted by Gasteiger charge is 2.34. The van der Waals surface area contributed by atoms with E-state index in [1.54, 1.807) is 24.5 Å². The summed E-state index contributed by atoms with van der Waals surface area (Å²) in [7, 11) is 0. The predicted molar refractivity (Wildman–Crippen MR) is 111 cm³/mol. The van der Waals surface area contributed by atoms with E-state index in [-0.39, 0.29) is 5.91 Å². The van der Waals surface area contributed by atoms with Gasteiger partial charge in [0.05, 0.1) is 11.1 Å². The van der Waals surface area contributed by atoms with Crippen LogP contribution in [0.2, 0.25) is 0 Å². The van der Waals surface area contributed by atoms with Crippen molar-refractivity contribution in [3.8, 4) is 0 Å². The lowest BCUT2D eigenvalue weighted by molar-refractivity contribution is -0.123. The van der Waals surface area contributed by atoms with E-state index in [1.807, 2.05) is 30.3 Å². The van der Waals surface area contributed by atoms with E-state index in [1.165, 1.54) is 6.92 Å². The van der Waals surface area contributed by atoms with Gasteiger partial charge in [-0.2, -0.15) is 0 Å². The zero-order valence-electron chi connectivity index (χ0n) is 15.4. The molecule has 0 saturated carbocycles. The monoisotopic (exact) mass is 384 g/mol. The number of H-pyrrole nitrogens is 2. The van der Waals surface area contributed by atoms with Crippen molar-refractivity contribution < 1.29 is 14.4 Å². The van der Waals surface area contributed by atoms with Crippen molar-refractivity contribution in [1.29, 1.82) is 0 Å². The van der Waals surface area contributed by atoms with E-state index in [2.05, 4.69) is 20.6 Å². The van der Waals surface area contributed by atoms with Crippen molar-refractivity contribution in [3.05, 3.63) is 66.0 Å². The summed E-state index contributed by atoms with van der Waals surface area (Å²) >= 11 is 0. The van der Waals surface area contributed by atoms with Crippen LogP contribution in [0.1, 0.15) is 18.1 Å². The number of nitrogens with one attached hydrogen (secondary N) is 4. The zero-order valence-corrected chi connectivity index (χ0v) is 15.4. The van der Waals surface area contributed by atoms with Gasteiger partial charge in [-0.05, 0) is 24.3 Å². The topological polar surface area (TPSA) is 107 Å². The highest BCUT2D eigenvalue weighted by atomic mass is 16.2. The molecule has 0 aliphatic carbocycles. The molecule has 3 amide bonds. The van der Waals surface area contributed by atoms with Crippen molar-refractivity contribution in [2.75, 3.05) is 5.32 Å². The minimum absolute atomic E-state index is 0.186. The van der Waals surface area contributed by atoms with E-state index in [0.717, 1.165) is 21.8 Å². The maximum absolute atomic E-state index is 12.7. The fourth-order valence-corrected chi connectivity index (χ4v) is 3.86. The maximum atomic E-state index is 12.7. The van der Waals surface area contributed by atoms with E-state index in [4.69, 9.17) is 0 Å². The molecule has 0 fully saturated rings. The SMILES string of the molecule is CC(=O)Nc1ccc2[nH]cc(C3=C(c4c[nH]c5ccccc45)C(=O)NC3=O)c2c1. The van der Waals surface area contributed by atoms with Gasteiger partial charge in [0, 0.05) is 57.9 Å². The Morgan fingerprint density at radius 3 is 2.14 bits per heavy atom. The second-order valence-electron chi connectivity index (χ2n) is 6.93. The fourth-order valence-electron chi connectivity index (χ4n) is 3.86. The van der Waals surface area contributed by atoms with Crippen molar-refractivity contribution in [3.63, 3.8) is 0 Å². The smallest absolute Gasteiger partial charge is 0.259 e. The predicted octanol–water partition coefficient (Wildman–Crippen LogP) is 3.17. The van der Waals surface area contributed by atoms with Crippen LogP contribution in [0.4, 0.5) is 5.69 Å². The second kappa shape index (κ2) is 6.20. The number of anilines is 1. The van der Waals surface area contributed by atoms with Gasteiger partial charge in [0.25, 0.3) is 11.8 Å². The van der Waals surface area contributed by atoms with Crippen molar-refractivity contribution in [2.24, 2.45) is 0 Å². The third-order valence-corrected chi connectivity index (χ3v) is 5.06. The van der Waals surface area contributed by atoms with Gasteiger partial charge in [-0.1, -0.05) is 18.2 Å². The van der Waals surface area contributed by atoms with Gasteiger partial charge in [0.2, 0.25) is 5.91 Å². The normalized spacial score (nSPS) is 14.1. The number of imide groups is 1. The first kappa shape index (κ1) is 17.0. The Morgan fingerprint density at radius 1 is 0.828 bits per heavy atom. The van der Waals surface area contributed by atoms with Gasteiger partial charge in [-0.15, -0.1) is 0 Å². The van der Waals surface area contributed by atoms with Gasteiger partial charge in [-0.3, -0.25) is 19.7 Å². The van der Waals surface area contributed by atoms with Crippen LogP contribution in [0.25, 0.3) is 33.0 Å². The molecule has 1 aliphatic heterocycles. The number of hydrogen-bond acceptors (Lipinski definition) is 3.